The molecule has 3 rings (SSSR count). The van der Waals surface area contributed by atoms with E-state index >= 15 is 0 Å². The van der Waals surface area contributed by atoms with E-state index in [1.54, 1.807) is 12.4 Å². The second-order valence-electron chi connectivity index (χ2n) is 5.14. The Bertz CT molecular complexity index is 609. The third kappa shape index (κ3) is 3.37. The van der Waals surface area contributed by atoms with E-state index < -0.39 is 0 Å². The summed E-state index contributed by atoms with van der Waals surface area (Å²) >= 11 is 0. The highest BCUT2D eigenvalue weighted by Gasteiger charge is 2.20. The van der Waals surface area contributed by atoms with Crippen LogP contribution in [-0.4, -0.2) is 33.9 Å². The molecule has 1 aliphatic heterocycles. The zero-order valence-electron chi connectivity index (χ0n) is 11.8. The molecular formula is C16H18N4O. The van der Waals surface area contributed by atoms with Crippen molar-refractivity contribution in [3.8, 4) is 0 Å². The van der Waals surface area contributed by atoms with E-state index in [9.17, 15) is 4.79 Å². The molecule has 2 aromatic heterocycles. The minimum Gasteiger partial charge on any atom is -0.381 e. The van der Waals surface area contributed by atoms with Gasteiger partial charge in [0.05, 0.1) is 0 Å². The average molecular weight is 282 g/mol. The van der Waals surface area contributed by atoms with Gasteiger partial charge in [-0.25, -0.2) is 0 Å². The lowest BCUT2D eigenvalue weighted by atomic mass is 10.2. The first kappa shape index (κ1) is 13.5. The number of pyridine rings is 2. The molecule has 0 atom stereocenters. The Balaban J connectivity index is 1.66. The zero-order chi connectivity index (χ0) is 14.5. The van der Waals surface area contributed by atoms with E-state index in [1.807, 2.05) is 35.4 Å². The molecule has 1 amide bonds. The number of carbonyl (C=O) groups is 1. The van der Waals surface area contributed by atoms with Crippen LogP contribution in [0.25, 0.3) is 0 Å². The smallest absolute Gasteiger partial charge is 0.272 e. The number of anilines is 1. The highest BCUT2D eigenvalue weighted by Crippen LogP contribution is 2.15. The predicted octanol–water partition coefficient (Wildman–Crippen LogP) is 2.32. The molecule has 1 saturated heterocycles. The van der Waals surface area contributed by atoms with Crippen molar-refractivity contribution in [2.24, 2.45) is 0 Å². The summed E-state index contributed by atoms with van der Waals surface area (Å²) in [4.78, 5) is 22.4. The first-order chi connectivity index (χ1) is 10.3. The third-order valence-electron chi connectivity index (χ3n) is 3.59. The standard InChI is InChI=1S/C16H18N4O/c21-16(20-8-1-2-9-20)15-10-14(5-7-18-15)19-12-13-4-3-6-17-11-13/h3-7,10-11H,1-2,8-9,12H2,(H,18,19). The number of rotatable bonds is 4. The number of nitrogens with zero attached hydrogens (tertiary/aromatic N) is 3. The molecule has 0 aliphatic carbocycles. The van der Waals surface area contributed by atoms with Crippen LogP contribution in [-0.2, 0) is 6.54 Å². The number of amides is 1. The molecule has 1 N–H and O–H groups in total. The van der Waals surface area contributed by atoms with Crippen molar-refractivity contribution in [2.75, 3.05) is 18.4 Å². The predicted molar refractivity (Wildman–Crippen MR) is 80.9 cm³/mol. The van der Waals surface area contributed by atoms with Crippen LogP contribution in [0.5, 0.6) is 0 Å². The van der Waals surface area contributed by atoms with Crippen molar-refractivity contribution in [1.29, 1.82) is 0 Å². The first-order valence-corrected chi connectivity index (χ1v) is 7.21. The maximum absolute atomic E-state index is 12.3. The molecule has 1 aliphatic rings. The molecular weight excluding hydrogens is 264 g/mol. The van der Waals surface area contributed by atoms with Crippen LogP contribution >= 0.6 is 0 Å². The Hall–Kier alpha value is -2.43. The number of carbonyl (C=O) groups excluding carboxylic acids is 1. The summed E-state index contributed by atoms with van der Waals surface area (Å²) in [5.41, 5.74) is 2.51. The molecule has 0 radical (unpaired) electrons. The molecule has 5 heteroatoms. The Kier molecular flexibility index (Phi) is 4.09. The fourth-order valence-corrected chi connectivity index (χ4v) is 2.45. The van der Waals surface area contributed by atoms with Crippen LogP contribution in [0.2, 0.25) is 0 Å². The third-order valence-corrected chi connectivity index (χ3v) is 3.59. The van der Waals surface area contributed by atoms with E-state index in [0.717, 1.165) is 37.2 Å². The van der Waals surface area contributed by atoms with Gasteiger partial charge >= 0.3 is 0 Å². The molecule has 2 aromatic rings. The quantitative estimate of drug-likeness (QED) is 0.935. The minimum absolute atomic E-state index is 0.0255. The van der Waals surface area contributed by atoms with Gasteiger partial charge in [0.1, 0.15) is 5.69 Å². The topological polar surface area (TPSA) is 58.1 Å². The normalized spacial score (nSPS) is 14.2. The Morgan fingerprint density at radius 1 is 1.24 bits per heavy atom. The summed E-state index contributed by atoms with van der Waals surface area (Å²) < 4.78 is 0. The van der Waals surface area contributed by atoms with Crippen molar-refractivity contribution in [3.63, 3.8) is 0 Å². The molecule has 0 bridgehead atoms. The van der Waals surface area contributed by atoms with Gasteiger partial charge in [0.2, 0.25) is 0 Å². The lowest BCUT2D eigenvalue weighted by Gasteiger charge is -2.15. The Labute approximate surface area is 124 Å². The molecule has 3 heterocycles. The number of hydrogen-bond acceptors (Lipinski definition) is 4. The van der Waals surface area contributed by atoms with Crippen LogP contribution in [0.3, 0.4) is 0 Å². The molecule has 0 spiro atoms. The Morgan fingerprint density at radius 3 is 2.86 bits per heavy atom. The zero-order valence-corrected chi connectivity index (χ0v) is 11.8. The molecule has 0 saturated carbocycles. The van der Waals surface area contributed by atoms with Gasteiger partial charge in [0, 0.05) is 43.9 Å². The van der Waals surface area contributed by atoms with Gasteiger partial charge in [0.25, 0.3) is 5.91 Å². The monoisotopic (exact) mass is 282 g/mol. The highest BCUT2D eigenvalue weighted by atomic mass is 16.2. The summed E-state index contributed by atoms with van der Waals surface area (Å²) in [6.07, 6.45) is 7.43. The van der Waals surface area contributed by atoms with Gasteiger partial charge in [-0.3, -0.25) is 14.8 Å². The van der Waals surface area contributed by atoms with Gasteiger partial charge in [0.15, 0.2) is 0 Å². The second kappa shape index (κ2) is 6.35. The summed E-state index contributed by atoms with van der Waals surface area (Å²) in [7, 11) is 0. The molecule has 21 heavy (non-hydrogen) atoms. The van der Waals surface area contributed by atoms with Gasteiger partial charge in [-0.1, -0.05) is 6.07 Å². The van der Waals surface area contributed by atoms with Crippen molar-refractivity contribution < 1.29 is 4.79 Å². The highest BCUT2D eigenvalue weighted by molar-refractivity contribution is 5.93. The fourth-order valence-electron chi connectivity index (χ4n) is 2.45. The van der Waals surface area contributed by atoms with Gasteiger partial charge < -0.3 is 10.2 Å². The van der Waals surface area contributed by atoms with Gasteiger partial charge in [-0.15, -0.1) is 0 Å². The van der Waals surface area contributed by atoms with Crippen molar-refractivity contribution in [1.82, 2.24) is 14.9 Å². The largest absolute Gasteiger partial charge is 0.381 e. The maximum atomic E-state index is 12.3. The first-order valence-electron chi connectivity index (χ1n) is 7.21. The van der Waals surface area contributed by atoms with Crippen molar-refractivity contribution >= 4 is 11.6 Å². The van der Waals surface area contributed by atoms with E-state index in [-0.39, 0.29) is 5.91 Å². The minimum atomic E-state index is 0.0255. The average Bonchev–Trinajstić information content (AvgIpc) is 3.08. The van der Waals surface area contributed by atoms with Crippen molar-refractivity contribution in [2.45, 2.75) is 19.4 Å². The summed E-state index contributed by atoms with van der Waals surface area (Å²) in [6, 6.07) is 7.61. The SMILES string of the molecule is O=C(c1cc(NCc2cccnc2)ccn1)N1CCCC1. The van der Waals surface area contributed by atoms with Crippen LogP contribution in [0.15, 0.2) is 42.9 Å². The van der Waals surface area contributed by atoms with Crippen LogP contribution in [0.4, 0.5) is 5.69 Å². The van der Waals surface area contributed by atoms with Crippen LogP contribution < -0.4 is 5.32 Å². The number of hydrogen-bond donors (Lipinski definition) is 1. The summed E-state index contributed by atoms with van der Waals surface area (Å²) in [5.74, 6) is 0.0255. The molecule has 5 nitrogen and oxygen atoms in total. The number of aromatic nitrogens is 2. The summed E-state index contributed by atoms with van der Waals surface area (Å²) in [5, 5.41) is 3.30. The van der Waals surface area contributed by atoms with Crippen LogP contribution in [0.1, 0.15) is 28.9 Å². The lowest BCUT2D eigenvalue weighted by Crippen LogP contribution is -2.28. The van der Waals surface area contributed by atoms with E-state index in [2.05, 4.69) is 15.3 Å². The summed E-state index contributed by atoms with van der Waals surface area (Å²) in [6.45, 7) is 2.36. The van der Waals surface area contributed by atoms with Gasteiger partial charge in [-0.2, -0.15) is 0 Å². The van der Waals surface area contributed by atoms with E-state index in [0.29, 0.717) is 12.2 Å². The number of likely N-dealkylation sites (tertiary alicyclic amines) is 1. The lowest BCUT2D eigenvalue weighted by molar-refractivity contribution is 0.0787. The van der Waals surface area contributed by atoms with Gasteiger partial charge in [-0.05, 0) is 36.6 Å². The van der Waals surface area contributed by atoms with E-state index in [1.165, 1.54) is 0 Å². The fraction of sp³-hybridized carbons (Fsp3) is 0.312. The number of nitrogens with one attached hydrogen (secondary N) is 1. The molecule has 0 aromatic carbocycles. The Morgan fingerprint density at radius 2 is 2.10 bits per heavy atom. The van der Waals surface area contributed by atoms with Crippen LogP contribution in [0, 0.1) is 0 Å². The second-order valence-corrected chi connectivity index (χ2v) is 5.14. The van der Waals surface area contributed by atoms with Crippen molar-refractivity contribution in [3.05, 3.63) is 54.1 Å². The molecule has 1 fully saturated rings. The van der Waals surface area contributed by atoms with E-state index in [4.69, 9.17) is 0 Å². The molecule has 108 valence electrons. The maximum Gasteiger partial charge on any atom is 0.272 e. The molecule has 0 unspecified atom stereocenters.